The summed E-state index contributed by atoms with van der Waals surface area (Å²) in [7, 11) is 0. The highest BCUT2D eigenvalue weighted by Gasteiger charge is 2.20. The van der Waals surface area contributed by atoms with Crippen LogP contribution in [0.1, 0.15) is 58.8 Å². The van der Waals surface area contributed by atoms with Gasteiger partial charge in [-0.05, 0) is 38.8 Å². The topological polar surface area (TPSA) is 50.4 Å². The third-order valence-corrected chi connectivity index (χ3v) is 3.49. The number of hydrogen-bond donors (Lipinski definition) is 2. The Morgan fingerprint density at radius 1 is 1.06 bits per heavy atom. The predicted octanol–water partition coefficient (Wildman–Crippen LogP) is 2.82. The lowest BCUT2D eigenvalue weighted by molar-refractivity contribution is 0.0755. The van der Waals surface area contributed by atoms with E-state index in [-0.39, 0.29) is 12.2 Å². The summed E-state index contributed by atoms with van der Waals surface area (Å²) in [6.45, 7) is 5.92. The molecule has 1 aliphatic carbocycles. The Balaban J connectivity index is 0.000000771. The van der Waals surface area contributed by atoms with Crippen molar-refractivity contribution in [3.8, 4) is 0 Å². The van der Waals surface area contributed by atoms with Crippen LogP contribution in [0, 0.1) is 0 Å². The highest BCUT2D eigenvalue weighted by atomic mass is 16.6. The maximum absolute atomic E-state index is 11.6. The van der Waals surface area contributed by atoms with Gasteiger partial charge in [-0.25, -0.2) is 4.79 Å². The zero-order valence-corrected chi connectivity index (χ0v) is 11.8. The van der Waals surface area contributed by atoms with Crippen molar-refractivity contribution in [2.75, 3.05) is 13.1 Å². The molecule has 0 bridgehead atoms. The van der Waals surface area contributed by atoms with Crippen LogP contribution in [0.25, 0.3) is 0 Å². The van der Waals surface area contributed by atoms with Crippen molar-refractivity contribution in [1.29, 1.82) is 0 Å². The molecule has 1 amide bonds. The Labute approximate surface area is 111 Å². The van der Waals surface area contributed by atoms with E-state index in [4.69, 9.17) is 4.74 Å². The van der Waals surface area contributed by atoms with Gasteiger partial charge in [0.05, 0.1) is 0 Å². The van der Waals surface area contributed by atoms with Crippen molar-refractivity contribution < 1.29 is 9.53 Å². The lowest BCUT2D eigenvalue weighted by Crippen LogP contribution is -2.41. The Morgan fingerprint density at radius 2 is 1.67 bits per heavy atom. The van der Waals surface area contributed by atoms with Gasteiger partial charge in [-0.15, -0.1) is 0 Å². The standard InChI is InChI=1S/C12H22N2O2.C2H6/c15-12(14-10-4-2-1-3-5-10)16-11-6-8-13-9-7-11;1-2/h10-11,13H,1-9H2,(H,14,15);1-2H3. The molecule has 4 nitrogen and oxygen atoms in total. The highest BCUT2D eigenvalue weighted by molar-refractivity contribution is 5.67. The first kappa shape index (κ1) is 15.3. The molecular formula is C14H28N2O2. The molecule has 106 valence electrons. The average Bonchev–Trinajstić information content (AvgIpc) is 2.43. The fourth-order valence-electron chi connectivity index (χ4n) is 2.51. The van der Waals surface area contributed by atoms with Gasteiger partial charge >= 0.3 is 6.09 Å². The van der Waals surface area contributed by atoms with E-state index < -0.39 is 0 Å². The van der Waals surface area contributed by atoms with E-state index in [0.29, 0.717) is 6.04 Å². The molecule has 1 heterocycles. The number of carbonyl (C=O) groups is 1. The van der Waals surface area contributed by atoms with Crippen LogP contribution in [0.5, 0.6) is 0 Å². The third kappa shape index (κ3) is 5.71. The molecule has 2 N–H and O–H groups in total. The molecule has 18 heavy (non-hydrogen) atoms. The summed E-state index contributed by atoms with van der Waals surface area (Å²) in [5.41, 5.74) is 0. The number of hydrogen-bond acceptors (Lipinski definition) is 3. The molecule has 0 atom stereocenters. The first-order chi connectivity index (χ1) is 8.84. The van der Waals surface area contributed by atoms with Crippen LogP contribution in [0.3, 0.4) is 0 Å². The van der Waals surface area contributed by atoms with E-state index >= 15 is 0 Å². The van der Waals surface area contributed by atoms with Gasteiger partial charge in [0.25, 0.3) is 0 Å². The van der Waals surface area contributed by atoms with Crippen LogP contribution in [0.4, 0.5) is 4.79 Å². The van der Waals surface area contributed by atoms with E-state index in [9.17, 15) is 4.79 Å². The molecule has 0 unspecified atom stereocenters. The number of piperidine rings is 1. The van der Waals surface area contributed by atoms with E-state index in [2.05, 4.69) is 10.6 Å². The van der Waals surface area contributed by atoms with Crippen LogP contribution in [0.2, 0.25) is 0 Å². The number of alkyl carbamates (subject to hydrolysis) is 1. The fourth-order valence-corrected chi connectivity index (χ4v) is 2.51. The maximum atomic E-state index is 11.6. The second-order valence-corrected chi connectivity index (χ2v) is 4.83. The largest absolute Gasteiger partial charge is 0.446 e. The third-order valence-electron chi connectivity index (χ3n) is 3.49. The summed E-state index contributed by atoms with van der Waals surface area (Å²) >= 11 is 0. The Morgan fingerprint density at radius 3 is 2.28 bits per heavy atom. The summed E-state index contributed by atoms with van der Waals surface area (Å²) in [4.78, 5) is 11.6. The van der Waals surface area contributed by atoms with Gasteiger partial charge in [0.15, 0.2) is 0 Å². The molecule has 1 saturated carbocycles. The first-order valence-electron chi connectivity index (χ1n) is 7.52. The fraction of sp³-hybridized carbons (Fsp3) is 0.929. The zero-order valence-electron chi connectivity index (χ0n) is 11.8. The van der Waals surface area contributed by atoms with Gasteiger partial charge in [0, 0.05) is 6.04 Å². The predicted molar refractivity (Wildman–Crippen MR) is 73.7 cm³/mol. The Bertz CT molecular complexity index is 200. The van der Waals surface area contributed by atoms with Crippen LogP contribution < -0.4 is 10.6 Å². The quantitative estimate of drug-likeness (QED) is 0.798. The van der Waals surface area contributed by atoms with Gasteiger partial charge in [-0.1, -0.05) is 33.1 Å². The van der Waals surface area contributed by atoms with Crippen molar-refractivity contribution >= 4 is 6.09 Å². The number of carbonyl (C=O) groups excluding carboxylic acids is 1. The van der Waals surface area contributed by atoms with Gasteiger partial charge in [0.1, 0.15) is 6.10 Å². The first-order valence-corrected chi connectivity index (χ1v) is 7.52. The Hall–Kier alpha value is -0.770. The van der Waals surface area contributed by atoms with Crippen molar-refractivity contribution in [1.82, 2.24) is 10.6 Å². The Kier molecular flexibility index (Phi) is 7.81. The minimum absolute atomic E-state index is 0.116. The minimum Gasteiger partial charge on any atom is -0.446 e. The van der Waals surface area contributed by atoms with E-state index in [1.54, 1.807) is 0 Å². The number of nitrogens with one attached hydrogen (secondary N) is 2. The van der Waals surface area contributed by atoms with Crippen LogP contribution in [0.15, 0.2) is 0 Å². The molecule has 1 saturated heterocycles. The normalized spacial score (nSPS) is 21.7. The SMILES string of the molecule is CC.O=C(NC1CCCCC1)OC1CCNCC1. The molecule has 2 aliphatic rings. The average molecular weight is 256 g/mol. The van der Waals surface area contributed by atoms with Gasteiger partial charge in [0.2, 0.25) is 0 Å². The maximum Gasteiger partial charge on any atom is 0.407 e. The monoisotopic (exact) mass is 256 g/mol. The molecule has 2 fully saturated rings. The summed E-state index contributed by atoms with van der Waals surface area (Å²) in [5.74, 6) is 0. The molecule has 0 spiro atoms. The summed E-state index contributed by atoms with van der Waals surface area (Å²) in [6.07, 6.45) is 7.79. The zero-order chi connectivity index (χ0) is 13.2. The summed E-state index contributed by atoms with van der Waals surface area (Å²) < 4.78 is 5.40. The van der Waals surface area contributed by atoms with Crippen molar-refractivity contribution in [3.05, 3.63) is 0 Å². The van der Waals surface area contributed by atoms with Crippen molar-refractivity contribution in [2.24, 2.45) is 0 Å². The van der Waals surface area contributed by atoms with Crippen LogP contribution in [-0.2, 0) is 4.74 Å². The van der Waals surface area contributed by atoms with Gasteiger partial charge in [-0.3, -0.25) is 0 Å². The van der Waals surface area contributed by atoms with Crippen molar-refractivity contribution in [2.45, 2.75) is 70.9 Å². The molecule has 0 radical (unpaired) electrons. The van der Waals surface area contributed by atoms with E-state index in [1.807, 2.05) is 13.8 Å². The van der Waals surface area contributed by atoms with Crippen LogP contribution >= 0.6 is 0 Å². The molecular weight excluding hydrogens is 228 g/mol. The smallest absolute Gasteiger partial charge is 0.407 e. The number of ether oxygens (including phenoxy) is 1. The number of amides is 1. The highest BCUT2D eigenvalue weighted by Crippen LogP contribution is 2.17. The van der Waals surface area contributed by atoms with E-state index in [1.165, 1.54) is 19.3 Å². The molecule has 4 heteroatoms. The minimum atomic E-state index is -0.209. The lowest BCUT2D eigenvalue weighted by Gasteiger charge is -2.26. The van der Waals surface area contributed by atoms with Crippen LogP contribution in [-0.4, -0.2) is 31.3 Å². The van der Waals surface area contributed by atoms with Gasteiger partial charge in [-0.2, -0.15) is 0 Å². The number of rotatable bonds is 2. The lowest BCUT2D eigenvalue weighted by atomic mass is 9.96. The molecule has 2 rings (SSSR count). The van der Waals surface area contributed by atoms with Crippen molar-refractivity contribution in [3.63, 3.8) is 0 Å². The molecule has 0 aromatic heterocycles. The molecule has 1 aliphatic heterocycles. The van der Waals surface area contributed by atoms with Gasteiger partial charge < -0.3 is 15.4 Å². The second kappa shape index (κ2) is 9.20. The summed E-state index contributed by atoms with van der Waals surface area (Å²) in [6, 6.07) is 0.350. The van der Waals surface area contributed by atoms with E-state index in [0.717, 1.165) is 38.8 Å². The summed E-state index contributed by atoms with van der Waals surface area (Å²) in [5, 5.41) is 6.24. The molecule has 0 aromatic carbocycles. The second-order valence-electron chi connectivity index (χ2n) is 4.83. The molecule has 0 aromatic rings.